The molecule has 1 atom stereocenters. The normalized spacial score (nSPS) is 12.1. The van der Waals surface area contributed by atoms with Gasteiger partial charge in [-0.25, -0.2) is 0 Å². The summed E-state index contributed by atoms with van der Waals surface area (Å²) in [7, 11) is 0. The second-order valence-corrected chi connectivity index (χ2v) is 3.67. The molecule has 0 saturated heterocycles. The molecule has 92 valence electrons. The van der Waals surface area contributed by atoms with Crippen LogP contribution in [0, 0.1) is 20.2 Å². The number of nitro groups is 2. The van der Waals surface area contributed by atoms with Crippen LogP contribution in [0.3, 0.4) is 0 Å². The van der Waals surface area contributed by atoms with E-state index in [1.165, 1.54) is 0 Å². The molecule has 0 saturated carbocycles. The molecule has 0 amide bonds. The van der Waals surface area contributed by atoms with Gasteiger partial charge in [-0.2, -0.15) is 0 Å². The molecule has 0 aliphatic heterocycles. The lowest BCUT2D eigenvalue weighted by atomic mass is 10.0. The fourth-order valence-corrected chi connectivity index (χ4v) is 1.41. The summed E-state index contributed by atoms with van der Waals surface area (Å²) in [6.45, 7) is 1.63. The smallest absolute Gasteiger partial charge is 0.317 e. The van der Waals surface area contributed by atoms with Crippen LogP contribution in [-0.2, 0) is 6.42 Å². The first-order chi connectivity index (χ1) is 7.82. The van der Waals surface area contributed by atoms with Crippen molar-refractivity contribution in [2.45, 2.75) is 19.4 Å². The Kier molecular flexibility index (Phi) is 3.59. The quantitative estimate of drug-likeness (QED) is 0.598. The number of nitrogens with zero attached hydrogens (tertiary/aromatic N) is 2. The van der Waals surface area contributed by atoms with Crippen molar-refractivity contribution in [3.8, 4) is 5.75 Å². The van der Waals surface area contributed by atoms with E-state index in [0.29, 0.717) is 0 Å². The number of phenols is 1. The fourth-order valence-electron chi connectivity index (χ4n) is 1.41. The third-order valence-electron chi connectivity index (χ3n) is 2.10. The van der Waals surface area contributed by atoms with Crippen molar-refractivity contribution in [3.05, 3.63) is 37.9 Å². The maximum Gasteiger partial charge on any atom is 0.317 e. The highest BCUT2D eigenvalue weighted by atomic mass is 16.6. The number of nitro benzene ring substituents is 2. The Bertz CT molecular complexity index is 472. The molecule has 1 rings (SSSR count). The van der Waals surface area contributed by atoms with Gasteiger partial charge in [-0.1, -0.05) is 0 Å². The molecule has 0 aromatic heterocycles. The van der Waals surface area contributed by atoms with Crippen LogP contribution in [0.4, 0.5) is 11.4 Å². The summed E-state index contributed by atoms with van der Waals surface area (Å²) in [5.41, 5.74) is 4.47. The maximum absolute atomic E-state index is 10.6. The van der Waals surface area contributed by atoms with Crippen molar-refractivity contribution in [1.82, 2.24) is 0 Å². The zero-order valence-electron chi connectivity index (χ0n) is 8.99. The monoisotopic (exact) mass is 241 g/mol. The van der Waals surface area contributed by atoms with Crippen molar-refractivity contribution < 1.29 is 15.0 Å². The van der Waals surface area contributed by atoms with E-state index in [9.17, 15) is 25.3 Å². The Hall–Kier alpha value is -2.22. The van der Waals surface area contributed by atoms with Crippen molar-refractivity contribution >= 4 is 11.4 Å². The minimum absolute atomic E-state index is 0.0981. The van der Waals surface area contributed by atoms with Crippen LogP contribution in [-0.4, -0.2) is 21.0 Å². The average molecular weight is 241 g/mol. The summed E-state index contributed by atoms with van der Waals surface area (Å²) in [6.07, 6.45) is 0.119. The highest BCUT2D eigenvalue weighted by Crippen LogP contribution is 2.34. The Labute approximate surface area is 96.0 Å². The van der Waals surface area contributed by atoms with Gasteiger partial charge >= 0.3 is 5.69 Å². The Morgan fingerprint density at radius 3 is 2.35 bits per heavy atom. The number of rotatable bonds is 4. The number of hydrogen-bond acceptors (Lipinski definition) is 6. The molecule has 17 heavy (non-hydrogen) atoms. The molecule has 0 bridgehead atoms. The van der Waals surface area contributed by atoms with Crippen LogP contribution in [0.2, 0.25) is 0 Å². The van der Waals surface area contributed by atoms with E-state index in [0.717, 1.165) is 12.1 Å². The third-order valence-corrected chi connectivity index (χ3v) is 2.10. The predicted molar refractivity (Wildman–Crippen MR) is 58.8 cm³/mol. The van der Waals surface area contributed by atoms with E-state index < -0.39 is 27.0 Å². The molecule has 0 radical (unpaired) electrons. The molecule has 0 heterocycles. The van der Waals surface area contributed by atoms with Crippen LogP contribution in [0.1, 0.15) is 12.5 Å². The van der Waals surface area contributed by atoms with Crippen molar-refractivity contribution in [3.63, 3.8) is 0 Å². The topological polar surface area (TPSA) is 133 Å². The van der Waals surface area contributed by atoms with Gasteiger partial charge in [0, 0.05) is 17.7 Å². The first-order valence-corrected chi connectivity index (χ1v) is 4.73. The van der Waals surface area contributed by atoms with Gasteiger partial charge in [0.15, 0.2) is 5.75 Å². The van der Waals surface area contributed by atoms with Crippen molar-refractivity contribution in [1.29, 1.82) is 0 Å². The largest absolute Gasteiger partial charge is 0.502 e. The number of non-ortho nitro benzene ring substituents is 1. The maximum atomic E-state index is 10.6. The molecule has 1 aromatic rings. The number of hydrogen-bond donors (Lipinski definition) is 2. The highest BCUT2D eigenvalue weighted by molar-refractivity contribution is 5.57. The average Bonchev–Trinajstić information content (AvgIpc) is 2.19. The third kappa shape index (κ3) is 2.88. The molecule has 8 nitrogen and oxygen atoms in total. The lowest BCUT2D eigenvalue weighted by molar-refractivity contribution is -0.394. The van der Waals surface area contributed by atoms with Crippen LogP contribution in [0.15, 0.2) is 12.1 Å². The van der Waals surface area contributed by atoms with E-state index in [1.807, 2.05) is 0 Å². The van der Waals surface area contributed by atoms with E-state index in [4.69, 9.17) is 5.73 Å². The zero-order valence-corrected chi connectivity index (χ0v) is 8.99. The van der Waals surface area contributed by atoms with E-state index in [-0.39, 0.29) is 18.0 Å². The van der Waals surface area contributed by atoms with Gasteiger partial charge in [-0.3, -0.25) is 20.2 Å². The van der Waals surface area contributed by atoms with Gasteiger partial charge in [0.05, 0.1) is 15.9 Å². The van der Waals surface area contributed by atoms with Gasteiger partial charge in [0.25, 0.3) is 5.69 Å². The summed E-state index contributed by atoms with van der Waals surface area (Å²) >= 11 is 0. The molecule has 1 unspecified atom stereocenters. The minimum atomic E-state index is -0.868. The van der Waals surface area contributed by atoms with Crippen LogP contribution in [0.25, 0.3) is 0 Å². The van der Waals surface area contributed by atoms with Gasteiger partial charge in [0.2, 0.25) is 0 Å². The van der Waals surface area contributed by atoms with E-state index >= 15 is 0 Å². The Balaban J connectivity index is 3.37. The van der Waals surface area contributed by atoms with E-state index in [1.54, 1.807) is 6.92 Å². The second kappa shape index (κ2) is 4.74. The summed E-state index contributed by atoms with van der Waals surface area (Å²) in [6, 6.07) is 1.44. The molecule has 0 aliphatic carbocycles. The van der Waals surface area contributed by atoms with Crippen LogP contribution < -0.4 is 5.73 Å². The fraction of sp³-hybridized carbons (Fsp3) is 0.333. The van der Waals surface area contributed by atoms with Gasteiger partial charge in [-0.15, -0.1) is 0 Å². The molecule has 8 heteroatoms. The number of nitrogens with two attached hydrogens (primary N) is 1. The Morgan fingerprint density at radius 1 is 1.35 bits per heavy atom. The summed E-state index contributed by atoms with van der Waals surface area (Å²) in [4.78, 5) is 19.6. The van der Waals surface area contributed by atoms with Crippen LogP contribution >= 0.6 is 0 Å². The first kappa shape index (κ1) is 12.8. The SMILES string of the molecule is CC(N)Cc1cc([N+](=O)[O-])cc([N+](=O)[O-])c1O. The predicted octanol–water partition coefficient (Wildman–Crippen LogP) is 1.10. The first-order valence-electron chi connectivity index (χ1n) is 4.73. The zero-order chi connectivity index (χ0) is 13.2. The van der Waals surface area contributed by atoms with E-state index in [2.05, 4.69) is 0 Å². The highest BCUT2D eigenvalue weighted by Gasteiger charge is 2.23. The van der Waals surface area contributed by atoms with Gasteiger partial charge in [0.1, 0.15) is 0 Å². The molecular weight excluding hydrogens is 230 g/mol. The number of benzene rings is 1. The number of aromatic hydroxyl groups is 1. The summed E-state index contributed by atoms with van der Waals surface area (Å²) in [5, 5.41) is 30.8. The van der Waals surface area contributed by atoms with Gasteiger partial charge < -0.3 is 10.8 Å². The standard InChI is InChI=1S/C9H11N3O5/c1-5(10)2-6-3-7(11(14)15)4-8(9(6)13)12(16)17/h3-5,13H,2,10H2,1H3. The molecule has 0 aliphatic rings. The Morgan fingerprint density at radius 2 is 1.94 bits per heavy atom. The van der Waals surface area contributed by atoms with Crippen molar-refractivity contribution in [2.75, 3.05) is 0 Å². The van der Waals surface area contributed by atoms with Crippen LogP contribution in [0.5, 0.6) is 5.75 Å². The van der Waals surface area contributed by atoms with Crippen molar-refractivity contribution in [2.24, 2.45) is 5.73 Å². The molecule has 1 aromatic carbocycles. The lowest BCUT2D eigenvalue weighted by Gasteiger charge is -2.07. The number of phenolic OH excluding ortho intramolecular Hbond substituents is 1. The summed E-state index contributed by atoms with van der Waals surface area (Å²) < 4.78 is 0. The molecular formula is C9H11N3O5. The molecule has 0 fully saturated rings. The molecule has 0 spiro atoms. The summed E-state index contributed by atoms with van der Waals surface area (Å²) in [5.74, 6) is -0.571. The second-order valence-electron chi connectivity index (χ2n) is 3.67. The molecule has 3 N–H and O–H groups in total. The lowest BCUT2D eigenvalue weighted by Crippen LogP contribution is -2.18. The minimum Gasteiger partial charge on any atom is -0.502 e. The van der Waals surface area contributed by atoms with Gasteiger partial charge in [-0.05, 0) is 13.3 Å².